The fourth-order valence-electron chi connectivity index (χ4n) is 13.7. The Morgan fingerprint density at radius 1 is 0.329 bits per heavy atom. The molecule has 0 amide bonds. The van der Waals surface area contributed by atoms with E-state index in [2.05, 4.69) is 310 Å². The van der Waals surface area contributed by atoms with Gasteiger partial charge in [-0.25, -0.2) is 0 Å². The largest absolute Gasteiger partial charge is 0.313 e. The van der Waals surface area contributed by atoms with Crippen LogP contribution in [0.25, 0.3) is 71.7 Å². The zero-order chi connectivity index (χ0) is 52.0. The Bertz CT molecular complexity index is 4600. The average Bonchev–Trinajstić information content (AvgIpc) is 3.97. The third-order valence-electron chi connectivity index (χ3n) is 16.9. The van der Waals surface area contributed by atoms with Crippen LogP contribution in [0.4, 0.5) is 34.1 Å². The number of benzene rings is 12. The van der Waals surface area contributed by atoms with E-state index in [4.69, 9.17) is 0 Å². The van der Waals surface area contributed by atoms with Gasteiger partial charge in [0.05, 0.1) is 22.0 Å². The SMILES string of the molecule is C1=Cc2c(n(-c3ccc(N(c4ccccc4)c4cc5c6c(ccc7cc(N(c8ccccc8)c8ccc(-n9c%10ccccc%10c%10ccccc%109)cc8)cc(c76)C5(c5ccccc5)c5ccccc5)c4)cc3)c3ccccc23)CC1. The molecule has 372 valence electrons. The van der Waals surface area contributed by atoms with Gasteiger partial charge in [0.1, 0.15) is 0 Å². The molecular weight excluding hydrogens is 957 g/mol. The number of rotatable bonds is 10. The average molecular weight is 1010 g/mol. The highest BCUT2D eigenvalue weighted by Gasteiger charge is 2.46. The van der Waals surface area contributed by atoms with Crippen molar-refractivity contribution < 1.29 is 0 Å². The molecule has 2 aromatic heterocycles. The maximum atomic E-state index is 2.51. The van der Waals surface area contributed by atoms with Gasteiger partial charge in [0.2, 0.25) is 0 Å². The lowest BCUT2D eigenvalue weighted by molar-refractivity contribution is 0.771. The molecule has 0 unspecified atom stereocenters. The second-order valence-electron chi connectivity index (χ2n) is 21.1. The number of aromatic nitrogens is 2. The molecule has 0 N–H and O–H groups in total. The minimum Gasteiger partial charge on any atom is -0.313 e. The highest BCUT2D eigenvalue weighted by Crippen LogP contribution is 2.59. The Labute approximate surface area is 459 Å². The van der Waals surface area contributed by atoms with Gasteiger partial charge in [-0.2, -0.15) is 0 Å². The van der Waals surface area contributed by atoms with Gasteiger partial charge in [0.25, 0.3) is 0 Å². The molecule has 2 aliphatic rings. The summed E-state index contributed by atoms with van der Waals surface area (Å²) in [4.78, 5) is 4.89. The van der Waals surface area contributed by atoms with E-state index in [0.717, 1.165) is 52.7 Å². The molecule has 0 saturated carbocycles. The fourth-order valence-corrected chi connectivity index (χ4v) is 13.7. The van der Waals surface area contributed by atoms with Crippen molar-refractivity contribution in [3.05, 3.63) is 319 Å². The standard InChI is InChI=1S/C75H52N4/c1-5-21-53(22-6-1)75(54-23-7-2-8-24-54)67-49-61(76(55-25-9-3-10-26-55)57-39-43-59(44-40-57)78-69-33-17-13-29-63(69)64-30-14-18-34-70(64)78)47-51-37-38-52-48-62(50-68(75)74(52)73(51)67)77(56-27-11-4-12-28-56)58-41-45-60(46-42-58)79-71-35-19-15-31-65(71)66-32-16-20-36-72(66)79/h1-19,21-35,37-50H,20,36H2. The number of anilines is 6. The number of fused-ring (bicyclic) bond motifs is 6. The first-order valence-corrected chi connectivity index (χ1v) is 27.6. The first-order valence-electron chi connectivity index (χ1n) is 27.6. The van der Waals surface area contributed by atoms with Crippen molar-refractivity contribution in [2.45, 2.75) is 18.3 Å². The fraction of sp³-hybridized carbons (Fsp3) is 0.0400. The van der Waals surface area contributed by atoms with Crippen LogP contribution in [0.1, 0.15) is 39.9 Å². The van der Waals surface area contributed by atoms with Crippen LogP contribution in [0.5, 0.6) is 0 Å². The predicted octanol–water partition coefficient (Wildman–Crippen LogP) is 19.6. The Morgan fingerprint density at radius 3 is 1.20 bits per heavy atom. The normalized spacial score (nSPS) is 13.3. The molecule has 2 aliphatic carbocycles. The van der Waals surface area contributed by atoms with Crippen LogP contribution >= 0.6 is 0 Å². The number of para-hydroxylation sites is 5. The summed E-state index contributed by atoms with van der Waals surface area (Å²) in [6, 6.07) is 103. The summed E-state index contributed by atoms with van der Waals surface area (Å²) in [6.07, 6.45) is 6.69. The van der Waals surface area contributed by atoms with E-state index in [-0.39, 0.29) is 0 Å². The molecule has 4 nitrogen and oxygen atoms in total. The summed E-state index contributed by atoms with van der Waals surface area (Å²) >= 11 is 0. The molecule has 0 radical (unpaired) electrons. The van der Waals surface area contributed by atoms with Crippen LogP contribution in [0, 0.1) is 0 Å². The molecule has 12 aromatic carbocycles. The highest BCUT2D eigenvalue weighted by molar-refractivity contribution is 6.18. The van der Waals surface area contributed by atoms with E-state index >= 15 is 0 Å². The van der Waals surface area contributed by atoms with Gasteiger partial charge in [0, 0.05) is 72.9 Å². The van der Waals surface area contributed by atoms with Crippen molar-refractivity contribution in [1.82, 2.24) is 9.13 Å². The van der Waals surface area contributed by atoms with Crippen LogP contribution in [-0.4, -0.2) is 9.13 Å². The predicted molar refractivity (Wildman–Crippen MR) is 331 cm³/mol. The number of hydrogen-bond donors (Lipinski definition) is 0. The minimum atomic E-state index is -0.688. The zero-order valence-electron chi connectivity index (χ0n) is 43.4. The van der Waals surface area contributed by atoms with E-state index < -0.39 is 5.41 Å². The maximum absolute atomic E-state index is 2.51. The summed E-state index contributed by atoms with van der Waals surface area (Å²) in [5, 5.41) is 8.81. The molecule has 0 bridgehead atoms. The maximum Gasteiger partial charge on any atom is 0.0715 e. The first kappa shape index (κ1) is 45.1. The molecule has 0 spiro atoms. The molecule has 0 fully saturated rings. The molecule has 0 atom stereocenters. The Balaban J connectivity index is 0.894. The Kier molecular flexibility index (Phi) is 10.3. The summed E-state index contributed by atoms with van der Waals surface area (Å²) in [5.41, 5.74) is 19.5. The molecule has 2 heterocycles. The van der Waals surface area contributed by atoms with Crippen LogP contribution in [0.3, 0.4) is 0 Å². The van der Waals surface area contributed by atoms with Gasteiger partial charge in [0.15, 0.2) is 0 Å². The zero-order valence-corrected chi connectivity index (χ0v) is 43.4. The molecule has 14 aromatic rings. The highest BCUT2D eigenvalue weighted by atomic mass is 15.2. The number of hydrogen-bond acceptors (Lipinski definition) is 2. The lowest BCUT2D eigenvalue weighted by Gasteiger charge is -2.36. The lowest BCUT2D eigenvalue weighted by atomic mass is 9.67. The van der Waals surface area contributed by atoms with Crippen LogP contribution < -0.4 is 9.80 Å². The van der Waals surface area contributed by atoms with Gasteiger partial charge < -0.3 is 18.9 Å². The monoisotopic (exact) mass is 1010 g/mol. The van der Waals surface area contributed by atoms with Crippen molar-refractivity contribution in [2.24, 2.45) is 0 Å². The van der Waals surface area contributed by atoms with Crippen LogP contribution in [-0.2, 0) is 11.8 Å². The first-order chi connectivity index (χ1) is 39.2. The number of nitrogens with zero attached hydrogens (tertiary/aromatic N) is 4. The molecule has 0 aliphatic heterocycles. The third kappa shape index (κ3) is 6.87. The van der Waals surface area contributed by atoms with E-state index in [1.807, 2.05) is 0 Å². The van der Waals surface area contributed by atoms with Gasteiger partial charge in [-0.3, -0.25) is 0 Å². The van der Waals surface area contributed by atoms with Gasteiger partial charge in [-0.15, -0.1) is 0 Å². The summed E-state index contributed by atoms with van der Waals surface area (Å²) in [7, 11) is 0. The summed E-state index contributed by atoms with van der Waals surface area (Å²) in [6.45, 7) is 0. The summed E-state index contributed by atoms with van der Waals surface area (Å²) < 4.78 is 4.87. The topological polar surface area (TPSA) is 16.3 Å². The minimum absolute atomic E-state index is 0.688. The quantitative estimate of drug-likeness (QED) is 0.127. The van der Waals surface area contributed by atoms with Crippen molar-refractivity contribution >= 4 is 94.5 Å². The molecule has 79 heavy (non-hydrogen) atoms. The van der Waals surface area contributed by atoms with Crippen molar-refractivity contribution in [2.75, 3.05) is 9.80 Å². The second-order valence-corrected chi connectivity index (χ2v) is 21.1. The third-order valence-corrected chi connectivity index (χ3v) is 16.9. The van der Waals surface area contributed by atoms with Gasteiger partial charge in [-0.05, 0) is 172 Å². The van der Waals surface area contributed by atoms with Crippen molar-refractivity contribution in [3.63, 3.8) is 0 Å². The van der Waals surface area contributed by atoms with Crippen LogP contribution in [0.15, 0.2) is 285 Å². The second kappa shape index (κ2) is 18.0. The van der Waals surface area contributed by atoms with E-state index in [9.17, 15) is 0 Å². The van der Waals surface area contributed by atoms with Gasteiger partial charge >= 0.3 is 0 Å². The molecule has 16 rings (SSSR count). The van der Waals surface area contributed by atoms with Crippen LogP contribution in [0.2, 0.25) is 0 Å². The Hall–Kier alpha value is -10.2. The van der Waals surface area contributed by atoms with Gasteiger partial charge in [-0.1, -0.05) is 176 Å². The van der Waals surface area contributed by atoms with Crippen molar-refractivity contribution in [1.29, 1.82) is 0 Å². The van der Waals surface area contributed by atoms with E-state index in [1.54, 1.807) is 0 Å². The lowest BCUT2D eigenvalue weighted by Crippen LogP contribution is -2.29. The number of allylic oxidation sites excluding steroid dienone is 1. The van der Waals surface area contributed by atoms with E-state index in [1.165, 1.54) is 93.5 Å². The Morgan fingerprint density at radius 2 is 0.722 bits per heavy atom. The smallest absolute Gasteiger partial charge is 0.0715 e. The van der Waals surface area contributed by atoms with Crippen molar-refractivity contribution in [3.8, 4) is 11.4 Å². The van der Waals surface area contributed by atoms with E-state index in [0.29, 0.717) is 0 Å². The molecular formula is C75H52N4. The molecule has 4 heteroatoms. The summed E-state index contributed by atoms with van der Waals surface area (Å²) in [5.74, 6) is 0. The molecule has 0 saturated heterocycles.